The molecule has 0 aromatic heterocycles. The second kappa shape index (κ2) is 8.00. The lowest BCUT2D eigenvalue weighted by atomic mass is 10.1. The largest absolute Gasteiger partial charge is 0.496 e. The Kier molecular flexibility index (Phi) is 5.72. The van der Waals surface area contributed by atoms with Gasteiger partial charge in [-0.2, -0.15) is 0 Å². The zero-order valence-electron chi connectivity index (χ0n) is 16.6. The van der Waals surface area contributed by atoms with E-state index in [2.05, 4.69) is 54.8 Å². The Balaban J connectivity index is 1.68. The Labute approximate surface area is 157 Å². The maximum absolute atomic E-state index is 5.66. The van der Waals surface area contributed by atoms with Crippen molar-refractivity contribution in [3.63, 3.8) is 0 Å². The fraction of sp³-hybridized carbons (Fsp3) is 0.455. The van der Waals surface area contributed by atoms with Crippen LogP contribution >= 0.6 is 0 Å². The first kappa shape index (κ1) is 18.6. The van der Waals surface area contributed by atoms with Crippen LogP contribution in [0.3, 0.4) is 0 Å². The van der Waals surface area contributed by atoms with E-state index in [9.17, 15) is 0 Å². The number of anilines is 1. The second-order valence-corrected chi connectivity index (χ2v) is 7.07. The van der Waals surface area contributed by atoms with Crippen molar-refractivity contribution in [2.75, 3.05) is 45.3 Å². The van der Waals surface area contributed by atoms with Crippen LogP contribution in [0.25, 0.3) is 0 Å². The number of methoxy groups -OCH3 is 2. The summed E-state index contributed by atoms with van der Waals surface area (Å²) in [6.07, 6.45) is 0. The summed E-state index contributed by atoms with van der Waals surface area (Å²) in [6.45, 7) is 11.6. The number of benzene rings is 2. The van der Waals surface area contributed by atoms with Gasteiger partial charge in [0.1, 0.15) is 11.5 Å². The maximum atomic E-state index is 5.66. The minimum Gasteiger partial charge on any atom is -0.496 e. The molecule has 1 aliphatic rings. The third kappa shape index (κ3) is 3.65. The SMILES string of the molecule is COc1ccc(CN2CCN(c3cccc(C)c3C)CC2)c(OC)c1C. The number of hydrogen-bond donors (Lipinski definition) is 0. The number of aryl methyl sites for hydroxylation is 1. The summed E-state index contributed by atoms with van der Waals surface area (Å²) < 4.78 is 11.1. The van der Waals surface area contributed by atoms with Crippen LogP contribution < -0.4 is 14.4 Å². The van der Waals surface area contributed by atoms with Gasteiger partial charge in [0.2, 0.25) is 0 Å². The highest BCUT2D eigenvalue weighted by Crippen LogP contribution is 2.32. The highest BCUT2D eigenvalue weighted by molar-refractivity contribution is 5.56. The molecule has 140 valence electrons. The number of hydrogen-bond acceptors (Lipinski definition) is 4. The third-order valence-electron chi connectivity index (χ3n) is 5.54. The standard InChI is InChI=1S/C22H30N2O2/c1-16-7-6-8-20(17(16)2)24-13-11-23(12-14-24)15-19-9-10-21(25-4)18(3)22(19)26-5/h6-10H,11-15H2,1-5H3. The van der Waals surface area contributed by atoms with Crippen molar-refractivity contribution in [1.82, 2.24) is 4.90 Å². The van der Waals surface area contributed by atoms with E-state index in [0.29, 0.717) is 0 Å². The highest BCUT2D eigenvalue weighted by atomic mass is 16.5. The van der Waals surface area contributed by atoms with Gasteiger partial charge in [0.15, 0.2) is 0 Å². The van der Waals surface area contributed by atoms with Gasteiger partial charge in [-0.3, -0.25) is 4.90 Å². The van der Waals surface area contributed by atoms with E-state index in [4.69, 9.17) is 9.47 Å². The molecule has 1 fully saturated rings. The van der Waals surface area contributed by atoms with Crippen molar-refractivity contribution < 1.29 is 9.47 Å². The molecule has 0 aliphatic carbocycles. The Hall–Kier alpha value is -2.20. The van der Waals surface area contributed by atoms with Gasteiger partial charge in [-0.05, 0) is 44.0 Å². The summed E-state index contributed by atoms with van der Waals surface area (Å²) in [4.78, 5) is 5.01. The lowest BCUT2D eigenvalue weighted by Gasteiger charge is -2.37. The zero-order valence-corrected chi connectivity index (χ0v) is 16.6. The highest BCUT2D eigenvalue weighted by Gasteiger charge is 2.21. The molecule has 0 radical (unpaired) electrons. The summed E-state index contributed by atoms with van der Waals surface area (Å²) in [6, 6.07) is 10.8. The van der Waals surface area contributed by atoms with Crippen molar-refractivity contribution >= 4 is 5.69 Å². The van der Waals surface area contributed by atoms with E-state index in [1.807, 2.05) is 6.07 Å². The number of piperazine rings is 1. The Bertz CT molecular complexity index is 765. The number of rotatable bonds is 5. The Morgan fingerprint density at radius 1 is 0.846 bits per heavy atom. The third-order valence-corrected chi connectivity index (χ3v) is 5.54. The van der Waals surface area contributed by atoms with Gasteiger partial charge in [0, 0.05) is 49.5 Å². The molecule has 0 bridgehead atoms. The number of ether oxygens (including phenoxy) is 2. The molecule has 0 unspecified atom stereocenters. The van der Waals surface area contributed by atoms with Crippen LogP contribution in [-0.4, -0.2) is 45.3 Å². The molecule has 3 rings (SSSR count). The molecule has 2 aromatic carbocycles. The summed E-state index contributed by atoms with van der Waals surface area (Å²) in [7, 11) is 3.44. The summed E-state index contributed by atoms with van der Waals surface area (Å²) in [5, 5.41) is 0. The van der Waals surface area contributed by atoms with Crippen molar-refractivity contribution in [2.45, 2.75) is 27.3 Å². The molecule has 0 spiro atoms. The van der Waals surface area contributed by atoms with E-state index < -0.39 is 0 Å². The van der Waals surface area contributed by atoms with Crippen molar-refractivity contribution in [3.8, 4) is 11.5 Å². The molecular formula is C22H30N2O2. The van der Waals surface area contributed by atoms with Crippen molar-refractivity contribution in [2.24, 2.45) is 0 Å². The molecule has 0 atom stereocenters. The Morgan fingerprint density at radius 2 is 1.58 bits per heavy atom. The van der Waals surface area contributed by atoms with E-state index in [-0.39, 0.29) is 0 Å². The molecule has 1 aliphatic heterocycles. The molecule has 4 nitrogen and oxygen atoms in total. The van der Waals surface area contributed by atoms with E-state index in [0.717, 1.165) is 49.8 Å². The quantitative estimate of drug-likeness (QED) is 0.812. The van der Waals surface area contributed by atoms with Gasteiger partial charge in [-0.15, -0.1) is 0 Å². The van der Waals surface area contributed by atoms with Crippen molar-refractivity contribution in [3.05, 3.63) is 52.6 Å². The molecule has 1 saturated heterocycles. The lowest BCUT2D eigenvalue weighted by molar-refractivity contribution is 0.245. The van der Waals surface area contributed by atoms with Crippen LogP contribution in [0.4, 0.5) is 5.69 Å². The molecule has 1 heterocycles. The minimum atomic E-state index is 0.880. The minimum absolute atomic E-state index is 0.880. The van der Waals surface area contributed by atoms with Gasteiger partial charge in [-0.1, -0.05) is 18.2 Å². The first-order valence-electron chi connectivity index (χ1n) is 9.29. The fourth-order valence-corrected chi connectivity index (χ4v) is 3.83. The van der Waals surface area contributed by atoms with Crippen LogP contribution in [0.15, 0.2) is 30.3 Å². The van der Waals surface area contributed by atoms with Crippen LogP contribution in [0.5, 0.6) is 11.5 Å². The molecule has 0 amide bonds. The predicted octanol–water partition coefficient (Wildman–Crippen LogP) is 3.95. The van der Waals surface area contributed by atoms with E-state index in [1.54, 1.807) is 14.2 Å². The van der Waals surface area contributed by atoms with Crippen LogP contribution in [0.2, 0.25) is 0 Å². The van der Waals surface area contributed by atoms with Gasteiger partial charge < -0.3 is 14.4 Å². The van der Waals surface area contributed by atoms with Gasteiger partial charge >= 0.3 is 0 Å². The molecule has 0 N–H and O–H groups in total. The molecule has 2 aromatic rings. The van der Waals surface area contributed by atoms with Gasteiger partial charge in [-0.25, -0.2) is 0 Å². The first-order valence-corrected chi connectivity index (χ1v) is 9.29. The second-order valence-electron chi connectivity index (χ2n) is 7.07. The molecular weight excluding hydrogens is 324 g/mol. The zero-order chi connectivity index (χ0) is 18.7. The van der Waals surface area contributed by atoms with Gasteiger partial charge in [0.25, 0.3) is 0 Å². The predicted molar refractivity (Wildman–Crippen MR) is 108 cm³/mol. The molecule has 26 heavy (non-hydrogen) atoms. The fourth-order valence-electron chi connectivity index (χ4n) is 3.83. The average Bonchev–Trinajstić information content (AvgIpc) is 2.65. The average molecular weight is 354 g/mol. The van der Waals surface area contributed by atoms with E-state index >= 15 is 0 Å². The van der Waals surface area contributed by atoms with Crippen molar-refractivity contribution in [1.29, 1.82) is 0 Å². The normalized spacial score (nSPS) is 15.2. The topological polar surface area (TPSA) is 24.9 Å². The van der Waals surface area contributed by atoms with E-state index in [1.165, 1.54) is 22.4 Å². The lowest BCUT2D eigenvalue weighted by Crippen LogP contribution is -2.46. The Morgan fingerprint density at radius 3 is 2.23 bits per heavy atom. The van der Waals surface area contributed by atoms with Gasteiger partial charge in [0.05, 0.1) is 14.2 Å². The summed E-state index contributed by atoms with van der Waals surface area (Å²) in [5.41, 5.74) is 6.44. The van der Waals surface area contributed by atoms with Crippen LogP contribution in [0.1, 0.15) is 22.3 Å². The summed E-state index contributed by atoms with van der Waals surface area (Å²) >= 11 is 0. The van der Waals surface area contributed by atoms with Crippen LogP contribution in [0, 0.1) is 20.8 Å². The molecule has 4 heteroatoms. The number of nitrogens with zero attached hydrogens (tertiary/aromatic N) is 2. The summed E-state index contributed by atoms with van der Waals surface area (Å²) in [5.74, 6) is 1.83. The smallest absolute Gasteiger partial charge is 0.129 e. The monoisotopic (exact) mass is 354 g/mol. The first-order chi connectivity index (χ1) is 12.5. The maximum Gasteiger partial charge on any atom is 0.129 e. The molecule has 0 saturated carbocycles. The van der Waals surface area contributed by atoms with Crippen LogP contribution in [-0.2, 0) is 6.54 Å².